The van der Waals surface area contributed by atoms with Crippen molar-refractivity contribution in [1.29, 1.82) is 0 Å². The first-order valence-electron chi connectivity index (χ1n) is 4.36. The number of amides is 2. The fourth-order valence-electron chi connectivity index (χ4n) is 1.41. The van der Waals surface area contributed by atoms with Gasteiger partial charge in [-0.1, -0.05) is 19.1 Å². The molecule has 1 heterocycles. The Kier molecular flexibility index (Phi) is 2.29. The van der Waals surface area contributed by atoms with Crippen LogP contribution in [0.3, 0.4) is 0 Å². The SMILES string of the molecule is CCSN1C(=O)c2ccccc2C1=O. The molecule has 0 N–H and O–H groups in total. The van der Waals surface area contributed by atoms with Gasteiger partial charge in [-0.25, -0.2) is 4.31 Å². The van der Waals surface area contributed by atoms with Crippen LogP contribution in [0, 0.1) is 0 Å². The Hall–Kier alpha value is -1.29. The normalized spacial score (nSPS) is 14.8. The number of hydrogen-bond acceptors (Lipinski definition) is 3. The first-order chi connectivity index (χ1) is 6.75. The van der Waals surface area contributed by atoms with Gasteiger partial charge in [0.2, 0.25) is 0 Å². The van der Waals surface area contributed by atoms with Crippen molar-refractivity contribution in [3.8, 4) is 0 Å². The molecule has 3 nitrogen and oxygen atoms in total. The lowest BCUT2D eigenvalue weighted by atomic mass is 10.1. The van der Waals surface area contributed by atoms with E-state index in [1.165, 1.54) is 16.3 Å². The van der Waals surface area contributed by atoms with Crippen LogP contribution in [-0.2, 0) is 0 Å². The molecule has 0 atom stereocenters. The molecule has 0 unspecified atom stereocenters. The molecule has 0 fully saturated rings. The Morgan fingerprint density at radius 2 is 1.64 bits per heavy atom. The molecule has 2 rings (SSSR count). The van der Waals surface area contributed by atoms with E-state index in [-0.39, 0.29) is 11.8 Å². The summed E-state index contributed by atoms with van der Waals surface area (Å²) in [6.45, 7) is 1.91. The topological polar surface area (TPSA) is 37.4 Å². The molecule has 0 bridgehead atoms. The Morgan fingerprint density at radius 3 is 2.07 bits per heavy atom. The maximum atomic E-state index is 11.7. The van der Waals surface area contributed by atoms with E-state index in [2.05, 4.69) is 0 Å². The first-order valence-corrected chi connectivity index (χ1v) is 5.30. The van der Waals surface area contributed by atoms with Crippen LogP contribution in [0.1, 0.15) is 27.6 Å². The van der Waals surface area contributed by atoms with Gasteiger partial charge >= 0.3 is 0 Å². The lowest BCUT2D eigenvalue weighted by Gasteiger charge is -2.09. The zero-order valence-corrected chi connectivity index (χ0v) is 8.50. The van der Waals surface area contributed by atoms with Crippen molar-refractivity contribution in [3.63, 3.8) is 0 Å². The minimum atomic E-state index is -0.197. The number of imide groups is 1. The molecule has 0 aromatic heterocycles. The summed E-state index contributed by atoms with van der Waals surface area (Å²) in [5, 5.41) is 0. The number of nitrogens with zero attached hydrogens (tertiary/aromatic N) is 1. The van der Waals surface area contributed by atoms with Gasteiger partial charge in [0.05, 0.1) is 11.1 Å². The highest BCUT2D eigenvalue weighted by molar-refractivity contribution is 7.98. The van der Waals surface area contributed by atoms with Gasteiger partial charge in [0.15, 0.2) is 0 Å². The standard InChI is InChI=1S/C10H9NO2S/c1-2-14-11-9(12)7-5-3-4-6-8(7)10(11)13/h3-6H,2H2,1H3. The van der Waals surface area contributed by atoms with Crippen molar-refractivity contribution >= 4 is 23.8 Å². The quantitative estimate of drug-likeness (QED) is 0.549. The molecule has 0 spiro atoms. The molecule has 1 aliphatic rings. The maximum Gasteiger partial charge on any atom is 0.271 e. The Balaban J connectivity index is 2.43. The average Bonchev–Trinajstić information content (AvgIpc) is 2.45. The van der Waals surface area contributed by atoms with E-state index in [1.54, 1.807) is 24.3 Å². The van der Waals surface area contributed by atoms with Crippen LogP contribution in [0.15, 0.2) is 24.3 Å². The van der Waals surface area contributed by atoms with Crippen LogP contribution >= 0.6 is 11.9 Å². The van der Waals surface area contributed by atoms with E-state index >= 15 is 0 Å². The van der Waals surface area contributed by atoms with Gasteiger partial charge in [0.25, 0.3) is 11.8 Å². The number of rotatable bonds is 2. The molecule has 0 aliphatic carbocycles. The molecular weight excluding hydrogens is 198 g/mol. The van der Waals surface area contributed by atoms with Crippen LogP contribution in [0.4, 0.5) is 0 Å². The molecule has 4 heteroatoms. The molecule has 1 aromatic rings. The fourth-order valence-corrected chi connectivity index (χ4v) is 2.10. The third-order valence-corrected chi connectivity index (χ3v) is 2.86. The zero-order valence-electron chi connectivity index (χ0n) is 7.69. The van der Waals surface area contributed by atoms with E-state index in [0.29, 0.717) is 16.9 Å². The van der Waals surface area contributed by atoms with E-state index in [0.717, 1.165) is 0 Å². The van der Waals surface area contributed by atoms with E-state index < -0.39 is 0 Å². The second-order valence-corrected chi connectivity index (χ2v) is 4.07. The Labute approximate surface area is 86.2 Å². The van der Waals surface area contributed by atoms with Crippen molar-refractivity contribution in [2.24, 2.45) is 0 Å². The second-order valence-electron chi connectivity index (χ2n) is 2.87. The van der Waals surface area contributed by atoms with Gasteiger partial charge in [-0.15, -0.1) is 0 Å². The number of benzene rings is 1. The van der Waals surface area contributed by atoms with E-state index in [4.69, 9.17) is 0 Å². The van der Waals surface area contributed by atoms with Gasteiger partial charge in [0, 0.05) is 5.75 Å². The zero-order chi connectivity index (χ0) is 10.1. The number of carbonyl (C=O) groups is 2. The van der Waals surface area contributed by atoms with Gasteiger partial charge in [-0.3, -0.25) is 9.59 Å². The summed E-state index contributed by atoms with van der Waals surface area (Å²) in [6, 6.07) is 6.91. The summed E-state index contributed by atoms with van der Waals surface area (Å²) in [4.78, 5) is 23.4. The highest BCUT2D eigenvalue weighted by Gasteiger charge is 2.35. The molecule has 72 valence electrons. The summed E-state index contributed by atoms with van der Waals surface area (Å²) in [5.41, 5.74) is 1.02. The molecule has 1 aromatic carbocycles. The molecule has 0 radical (unpaired) electrons. The van der Waals surface area contributed by atoms with Gasteiger partial charge in [0.1, 0.15) is 0 Å². The summed E-state index contributed by atoms with van der Waals surface area (Å²) >= 11 is 1.25. The van der Waals surface area contributed by atoms with Crippen LogP contribution < -0.4 is 0 Å². The van der Waals surface area contributed by atoms with Crippen molar-refractivity contribution in [3.05, 3.63) is 35.4 Å². The molecule has 0 saturated carbocycles. The van der Waals surface area contributed by atoms with Crippen molar-refractivity contribution < 1.29 is 9.59 Å². The summed E-state index contributed by atoms with van der Waals surface area (Å²) in [5.74, 6) is 0.320. The molecule has 0 saturated heterocycles. The summed E-state index contributed by atoms with van der Waals surface area (Å²) in [7, 11) is 0. The smallest absolute Gasteiger partial charge is 0.268 e. The van der Waals surface area contributed by atoms with E-state index in [9.17, 15) is 9.59 Å². The first kappa shape index (κ1) is 9.27. The van der Waals surface area contributed by atoms with Gasteiger partial charge in [-0.2, -0.15) is 0 Å². The average molecular weight is 207 g/mol. The van der Waals surface area contributed by atoms with Crippen molar-refractivity contribution in [1.82, 2.24) is 4.31 Å². The molecule has 14 heavy (non-hydrogen) atoms. The third kappa shape index (κ3) is 1.23. The minimum absolute atomic E-state index is 0.197. The minimum Gasteiger partial charge on any atom is -0.268 e. The van der Waals surface area contributed by atoms with Gasteiger partial charge in [-0.05, 0) is 24.1 Å². The monoisotopic (exact) mass is 207 g/mol. The highest BCUT2D eigenvalue weighted by atomic mass is 32.2. The molecule has 1 aliphatic heterocycles. The predicted molar refractivity (Wildman–Crippen MR) is 55.1 cm³/mol. The van der Waals surface area contributed by atoms with E-state index in [1.807, 2.05) is 6.92 Å². The van der Waals surface area contributed by atoms with Crippen molar-refractivity contribution in [2.45, 2.75) is 6.92 Å². The summed E-state index contributed by atoms with van der Waals surface area (Å²) < 4.78 is 1.23. The van der Waals surface area contributed by atoms with Crippen molar-refractivity contribution in [2.75, 3.05) is 5.75 Å². The number of carbonyl (C=O) groups excluding carboxylic acids is 2. The van der Waals surface area contributed by atoms with Crippen LogP contribution in [0.5, 0.6) is 0 Å². The fraction of sp³-hybridized carbons (Fsp3) is 0.200. The lowest BCUT2D eigenvalue weighted by Crippen LogP contribution is -2.22. The lowest BCUT2D eigenvalue weighted by molar-refractivity contribution is 0.0777. The van der Waals surface area contributed by atoms with Crippen LogP contribution in [-0.4, -0.2) is 21.9 Å². The largest absolute Gasteiger partial charge is 0.271 e. The third-order valence-electron chi connectivity index (χ3n) is 2.01. The van der Waals surface area contributed by atoms with Gasteiger partial charge < -0.3 is 0 Å². The van der Waals surface area contributed by atoms with Crippen LogP contribution in [0.2, 0.25) is 0 Å². The molecular formula is C10H9NO2S. The van der Waals surface area contributed by atoms with Crippen LogP contribution in [0.25, 0.3) is 0 Å². The summed E-state index contributed by atoms with van der Waals surface area (Å²) in [6.07, 6.45) is 0. The maximum absolute atomic E-state index is 11.7. The number of fused-ring (bicyclic) bond motifs is 1. The Bertz CT molecular complexity index is 368. The Morgan fingerprint density at radius 1 is 1.14 bits per heavy atom. The highest BCUT2D eigenvalue weighted by Crippen LogP contribution is 2.27. The second kappa shape index (κ2) is 3.46. The predicted octanol–water partition coefficient (Wildman–Crippen LogP) is 1.95. The number of hydrogen-bond donors (Lipinski definition) is 0. The molecule has 2 amide bonds.